The van der Waals surface area contributed by atoms with Crippen LogP contribution in [0.25, 0.3) is 11.3 Å². The molecule has 0 atom stereocenters. The van der Waals surface area contributed by atoms with E-state index >= 15 is 0 Å². The van der Waals surface area contributed by atoms with Gasteiger partial charge in [-0.25, -0.2) is 9.07 Å². The second kappa shape index (κ2) is 8.81. The van der Waals surface area contributed by atoms with Crippen LogP contribution in [0, 0.1) is 5.82 Å². The van der Waals surface area contributed by atoms with Crippen molar-refractivity contribution < 1.29 is 27.1 Å². The summed E-state index contributed by atoms with van der Waals surface area (Å²) in [7, 11) is 1.44. The summed E-state index contributed by atoms with van der Waals surface area (Å²) in [6, 6.07) is 10.4. The molecule has 3 rings (SSSR count). The van der Waals surface area contributed by atoms with Crippen LogP contribution >= 0.6 is 0 Å². The number of alkyl halides is 3. The lowest BCUT2D eigenvalue weighted by Gasteiger charge is -2.16. The summed E-state index contributed by atoms with van der Waals surface area (Å²) in [5, 5.41) is 6.64. The van der Waals surface area contributed by atoms with E-state index in [-0.39, 0.29) is 17.3 Å². The molecule has 0 unspecified atom stereocenters. The van der Waals surface area contributed by atoms with Gasteiger partial charge in [-0.2, -0.15) is 5.10 Å². The number of carbonyl (C=O) groups excluding carboxylic acids is 1. The molecule has 6 nitrogen and oxygen atoms in total. The van der Waals surface area contributed by atoms with Crippen molar-refractivity contribution in [2.24, 2.45) is 7.05 Å². The lowest BCUT2D eigenvalue weighted by Crippen LogP contribution is -2.23. The molecule has 32 heavy (non-hydrogen) atoms. The molecule has 0 spiro atoms. The predicted octanol–water partition coefficient (Wildman–Crippen LogP) is 4.86. The van der Waals surface area contributed by atoms with E-state index in [9.17, 15) is 27.2 Å². The first-order valence-electron chi connectivity index (χ1n) is 9.50. The van der Waals surface area contributed by atoms with Gasteiger partial charge in [0, 0.05) is 18.7 Å². The number of hydrogen-bond acceptors (Lipinski definition) is 4. The number of amides is 1. The van der Waals surface area contributed by atoms with Crippen LogP contribution in [0.3, 0.4) is 0 Å². The third-order valence-corrected chi connectivity index (χ3v) is 4.59. The lowest BCUT2D eigenvalue weighted by atomic mass is 9.94. The molecular formula is C22H19F4N3O3. The number of nitrogens with zero attached hydrogens (tertiary/aromatic N) is 2. The molecule has 0 aliphatic heterocycles. The normalized spacial score (nSPS) is 11.5. The number of aryl methyl sites for hydroxylation is 1. The zero-order chi connectivity index (χ0) is 23.6. The first-order chi connectivity index (χ1) is 15.0. The molecule has 0 saturated carbocycles. The van der Waals surface area contributed by atoms with E-state index in [1.807, 2.05) is 26.0 Å². The molecular weight excluding hydrogens is 430 g/mol. The Balaban J connectivity index is 2.06. The number of anilines is 1. The van der Waals surface area contributed by atoms with Crippen LogP contribution < -0.4 is 15.6 Å². The van der Waals surface area contributed by atoms with Crippen molar-refractivity contribution in [2.75, 3.05) is 5.32 Å². The van der Waals surface area contributed by atoms with Crippen molar-refractivity contribution in [3.05, 3.63) is 75.8 Å². The Morgan fingerprint density at radius 1 is 1.12 bits per heavy atom. The van der Waals surface area contributed by atoms with Crippen LogP contribution in [0.2, 0.25) is 0 Å². The van der Waals surface area contributed by atoms with Crippen molar-refractivity contribution in [1.82, 2.24) is 9.78 Å². The molecule has 0 radical (unpaired) electrons. The number of hydrogen-bond donors (Lipinski definition) is 1. The van der Waals surface area contributed by atoms with Crippen LogP contribution in [-0.2, 0) is 7.05 Å². The Bertz CT molecular complexity index is 1220. The van der Waals surface area contributed by atoms with E-state index in [1.165, 1.54) is 7.05 Å². The Hall–Kier alpha value is -3.69. The summed E-state index contributed by atoms with van der Waals surface area (Å²) in [6.45, 7) is 3.92. The van der Waals surface area contributed by atoms with E-state index in [1.54, 1.807) is 12.1 Å². The van der Waals surface area contributed by atoms with Gasteiger partial charge in [0.1, 0.15) is 17.3 Å². The summed E-state index contributed by atoms with van der Waals surface area (Å²) < 4.78 is 56.5. The Morgan fingerprint density at radius 2 is 1.81 bits per heavy atom. The monoisotopic (exact) mass is 449 g/mol. The molecule has 0 fully saturated rings. The number of rotatable bonds is 5. The van der Waals surface area contributed by atoms with Gasteiger partial charge in [0.15, 0.2) is 0 Å². The molecule has 0 bridgehead atoms. The van der Waals surface area contributed by atoms with Gasteiger partial charge in [-0.1, -0.05) is 38.1 Å². The minimum atomic E-state index is -5.01. The van der Waals surface area contributed by atoms with Gasteiger partial charge in [-0.3, -0.25) is 9.59 Å². The van der Waals surface area contributed by atoms with Gasteiger partial charge in [0.05, 0.1) is 11.3 Å². The quantitative estimate of drug-likeness (QED) is 0.565. The lowest BCUT2D eigenvalue weighted by molar-refractivity contribution is -0.274. The van der Waals surface area contributed by atoms with Crippen LogP contribution in [0.1, 0.15) is 35.7 Å². The fourth-order valence-electron chi connectivity index (χ4n) is 3.11. The largest absolute Gasteiger partial charge is 0.573 e. The third kappa shape index (κ3) is 5.13. The minimum Gasteiger partial charge on any atom is -0.406 e. The van der Waals surface area contributed by atoms with Crippen molar-refractivity contribution in [3.63, 3.8) is 0 Å². The van der Waals surface area contributed by atoms with Gasteiger partial charge in [0.25, 0.3) is 11.5 Å². The molecule has 0 aliphatic rings. The fraction of sp³-hybridized carbons (Fsp3) is 0.227. The maximum Gasteiger partial charge on any atom is 0.573 e. The SMILES string of the molecule is CC(C)c1ccccc1-c1nn(C)c(=O)cc1NC(=O)c1cc(OC(F)(F)F)ccc1F. The summed E-state index contributed by atoms with van der Waals surface area (Å²) >= 11 is 0. The van der Waals surface area contributed by atoms with E-state index in [2.05, 4.69) is 15.2 Å². The van der Waals surface area contributed by atoms with Gasteiger partial charge in [-0.05, 0) is 29.7 Å². The first-order valence-corrected chi connectivity index (χ1v) is 9.50. The summed E-state index contributed by atoms with van der Waals surface area (Å²) in [5.41, 5.74) is 0.556. The summed E-state index contributed by atoms with van der Waals surface area (Å²) in [6.07, 6.45) is -5.01. The zero-order valence-corrected chi connectivity index (χ0v) is 17.3. The van der Waals surface area contributed by atoms with Crippen LogP contribution in [0.5, 0.6) is 5.75 Å². The highest BCUT2D eigenvalue weighted by atomic mass is 19.4. The molecule has 3 aromatic rings. The Labute approximate surface area is 180 Å². The number of ether oxygens (including phenoxy) is 1. The van der Waals surface area contributed by atoms with Crippen molar-refractivity contribution in [1.29, 1.82) is 0 Å². The van der Waals surface area contributed by atoms with Crippen LogP contribution in [-0.4, -0.2) is 22.1 Å². The highest BCUT2D eigenvalue weighted by Crippen LogP contribution is 2.32. The topological polar surface area (TPSA) is 73.2 Å². The van der Waals surface area contributed by atoms with E-state index in [0.717, 1.165) is 22.4 Å². The number of aromatic nitrogens is 2. The van der Waals surface area contributed by atoms with Gasteiger partial charge in [0.2, 0.25) is 0 Å². The number of nitrogens with one attached hydrogen (secondary N) is 1. The van der Waals surface area contributed by atoms with Crippen LogP contribution in [0.4, 0.5) is 23.2 Å². The highest BCUT2D eigenvalue weighted by molar-refractivity contribution is 6.06. The molecule has 10 heteroatoms. The van der Waals surface area contributed by atoms with Crippen molar-refractivity contribution >= 4 is 11.6 Å². The average Bonchev–Trinajstić information content (AvgIpc) is 2.70. The Morgan fingerprint density at radius 3 is 2.47 bits per heavy atom. The maximum atomic E-state index is 14.2. The molecule has 0 aliphatic carbocycles. The standard InChI is InChI=1S/C22H19F4N3O3/c1-12(2)14-6-4-5-7-15(14)20-18(11-19(30)29(3)28-20)27-21(31)16-10-13(8-9-17(16)23)32-22(24,25)26/h4-12H,1-3H3,(H,27,31). The molecule has 0 saturated heterocycles. The van der Waals surface area contributed by atoms with Gasteiger partial charge in [-0.15, -0.1) is 13.2 Å². The van der Waals surface area contributed by atoms with Crippen molar-refractivity contribution in [3.8, 4) is 17.0 Å². The number of carbonyl (C=O) groups is 1. The van der Waals surface area contributed by atoms with Crippen molar-refractivity contribution in [2.45, 2.75) is 26.1 Å². The molecule has 2 aromatic carbocycles. The molecule has 1 amide bonds. The maximum absolute atomic E-state index is 14.2. The smallest absolute Gasteiger partial charge is 0.406 e. The summed E-state index contributed by atoms with van der Waals surface area (Å²) in [5.74, 6) is -2.79. The number of benzene rings is 2. The molecule has 1 heterocycles. The molecule has 1 aromatic heterocycles. The minimum absolute atomic E-state index is 0.00672. The van der Waals surface area contributed by atoms with Crippen LogP contribution in [0.15, 0.2) is 53.3 Å². The van der Waals surface area contributed by atoms with E-state index in [0.29, 0.717) is 17.7 Å². The fourth-order valence-corrected chi connectivity index (χ4v) is 3.11. The summed E-state index contributed by atoms with van der Waals surface area (Å²) in [4.78, 5) is 24.9. The van der Waals surface area contributed by atoms with Gasteiger partial charge < -0.3 is 10.1 Å². The third-order valence-electron chi connectivity index (χ3n) is 4.59. The number of halogens is 4. The molecule has 1 N–H and O–H groups in total. The van der Waals surface area contributed by atoms with E-state index in [4.69, 9.17) is 0 Å². The van der Waals surface area contributed by atoms with Gasteiger partial charge >= 0.3 is 6.36 Å². The average molecular weight is 449 g/mol. The first kappa shape index (κ1) is 23.0. The molecule has 168 valence electrons. The zero-order valence-electron chi connectivity index (χ0n) is 17.3. The highest BCUT2D eigenvalue weighted by Gasteiger charge is 2.31. The second-order valence-electron chi connectivity index (χ2n) is 7.25. The predicted molar refractivity (Wildman–Crippen MR) is 110 cm³/mol. The Kier molecular flexibility index (Phi) is 6.33. The van der Waals surface area contributed by atoms with E-state index < -0.39 is 35.0 Å². The second-order valence-corrected chi connectivity index (χ2v) is 7.25.